The summed E-state index contributed by atoms with van der Waals surface area (Å²) in [7, 11) is 1.97. The SMILES string of the molecule is Cn1c(-c2ccc(NC(=O)c3ccn(-c4ccc([N+](=O)[O-])cc4)n3)cc2)nc2ccccc21. The average molecular weight is 438 g/mol. The Kier molecular flexibility index (Phi) is 4.91. The van der Waals surface area contributed by atoms with Crippen LogP contribution in [0.1, 0.15) is 10.5 Å². The number of nitro groups is 1. The minimum absolute atomic E-state index is 0.00837. The van der Waals surface area contributed by atoms with Crippen molar-refractivity contribution in [2.24, 2.45) is 7.05 Å². The van der Waals surface area contributed by atoms with Gasteiger partial charge in [-0.05, 0) is 54.6 Å². The Morgan fingerprint density at radius 3 is 2.39 bits per heavy atom. The summed E-state index contributed by atoms with van der Waals surface area (Å²) >= 11 is 0. The Bertz CT molecular complexity index is 1480. The molecule has 5 aromatic rings. The smallest absolute Gasteiger partial charge is 0.276 e. The zero-order valence-corrected chi connectivity index (χ0v) is 17.5. The fourth-order valence-electron chi connectivity index (χ4n) is 3.62. The van der Waals surface area contributed by atoms with Crippen LogP contribution in [0.25, 0.3) is 28.1 Å². The molecule has 0 radical (unpaired) electrons. The average Bonchev–Trinajstić information content (AvgIpc) is 3.45. The van der Waals surface area contributed by atoms with Crippen LogP contribution in [0.2, 0.25) is 0 Å². The number of benzene rings is 3. The van der Waals surface area contributed by atoms with Crippen LogP contribution in [-0.2, 0) is 7.05 Å². The number of fused-ring (bicyclic) bond motifs is 1. The zero-order valence-electron chi connectivity index (χ0n) is 17.5. The highest BCUT2D eigenvalue weighted by molar-refractivity contribution is 6.02. The molecule has 1 amide bonds. The third kappa shape index (κ3) is 3.83. The van der Waals surface area contributed by atoms with Crippen LogP contribution in [0.4, 0.5) is 11.4 Å². The number of aromatic nitrogens is 4. The van der Waals surface area contributed by atoms with Gasteiger partial charge in [-0.3, -0.25) is 14.9 Å². The fraction of sp³-hybridized carbons (Fsp3) is 0.0417. The molecule has 0 aliphatic rings. The first-order valence-electron chi connectivity index (χ1n) is 10.1. The number of hydrogen-bond acceptors (Lipinski definition) is 5. The Balaban J connectivity index is 1.31. The van der Waals surface area contributed by atoms with Crippen LogP contribution >= 0.6 is 0 Å². The van der Waals surface area contributed by atoms with E-state index < -0.39 is 4.92 Å². The first-order chi connectivity index (χ1) is 16.0. The molecule has 0 atom stereocenters. The van der Waals surface area contributed by atoms with Crippen molar-refractivity contribution in [2.45, 2.75) is 0 Å². The predicted octanol–water partition coefficient (Wildman–Crippen LogP) is 4.59. The topological polar surface area (TPSA) is 108 Å². The van der Waals surface area contributed by atoms with E-state index >= 15 is 0 Å². The second kappa shape index (κ2) is 8.04. The third-order valence-electron chi connectivity index (χ3n) is 5.33. The predicted molar refractivity (Wildman–Crippen MR) is 124 cm³/mol. The molecule has 0 saturated heterocycles. The van der Waals surface area contributed by atoms with E-state index in [9.17, 15) is 14.9 Å². The largest absolute Gasteiger partial charge is 0.327 e. The van der Waals surface area contributed by atoms with Gasteiger partial charge in [-0.2, -0.15) is 5.10 Å². The highest BCUT2D eigenvalue weighted by atomic mass is 16.6. The number of carbonyl (C=O) groups excluding carboxylic acids is 1. The normalized spacial score (nSPS) is 10.9. The summed E-state index contributed by atoms with van der Waals surface area (Å²) in [5.41, 5.74) is 4.39. The number of nitrogens with one attached hydrogen (secondary N) is 1. The number of non-ortho nitro benzene ring substituents is 1. The molecule has 0 aliphatic carbocycles. The number of nitro benzene ring substituents is 1. The van der Waals surface area contributed by atoms with Crippen molar-refractivity contribution >= 4 is 28.3 Å². The van der Waals surface area contributed by atoms with Gasteiger partial charge in [0.1, 0.15) is 5.82 Å². The Labute approximate surface area is 188 Å². The molecule has 162 valence electrons. The maximum Gasteiger partial charge on any atom is 0.276 e. The first kappa shape index (κ1) is 20.1. The number of anilines is 1. The highest BCUT2D eigenvalue weighted by Crippen LogP contribution is 2.25. The summed E-state index contributed by atoms with van der Waals surface area (Å²) < 4.78 is 3.53. The van der Waals surface area contributed by atoms with Gasteiger partial charge >= 0.3 is 0 Å². The maximum absolute atomic E-state index is 12.6. The summed E-state index contributed by atoms with van der Waals surface area (Å²) in [5, 5.41) is 17.9. The fourth-order valence-corrected chi connectivity index (χ4v) is 3.62. The molecule has 9 heteroatoms. The van der Waals surface area contributed by atoms with E-state index in [1.54, 1.807) is 24.4 Å². The molecule has 2 aromatic heterocycles. The molecule has 0 spiro atoms. The monoisotopic (exact) mass is 438 g/mol. The molecule has 0 bridgehead atoms. The van der Waals surface area contributed by atoms with Crippen LogP contribution in [0.3, 0.4) is 0 Å². The van der Waals surface area contributed by atoms with E-state index in [0.717, 1.165) is 22.4 Å². The molecule has 9 nitrogen and oxygen atoms in total. The van der Waals surface area contributed by atoms with Crippen molar-refractivity contribution in [3.8, 4) is 17.1 Å². The second-order valence-corrected chi connectivity index (χ2v) is 7.43. The van der Waals surface area contributed by atoms with Gasteiger partial charge in [-0.1, -0.05) is 12.1 Å². The number of hydrogen-bond donors (Lipinski definition) is 1. The molecule has 5 rings (SSSR count). The van der Waals surface area contributed by atoms with Gasteiger partial charge in [-0.15, -0.1) is 0 Å². The molecule has 0 fully saturated rings. The lowest BCUT2D eigenvalue weighted by Crippen LogP contribution is -2.13. The van der Waals surface area contributed by atoms with Gasteiger partial charge in [0, 0.05) is 36.6 Å². The van der Waals surface area contributed by atoms with Gasteiger partial charge in [0.25, 0.3) is 11.6 Å². The summed E-state index contributed by atoms with van der Waals surface area (Å²) in [6, 6.07) is 22.9. The van der Waals surface area contributed by atoms with Crippen molar-refractivity contribution in [3.05, 3.63) is 101 Å². The lowest BCUT2D eigenvalue weighted by Gasteiger charge is -2.06. The molecule has 2 heterocycles. The molecular formula is C24H18N6O3. The van der Waals surface area contributed by atoms with E-state index in [-0.39, 0.29) is 17.3 Å². The third-order valence-corrected chi connectivity index (χ3v) is 5.33. The zero-order chi connectivity index (χ0) is 22.9. The van der Waals surface area contributed by atoms with Gasteiger partial charge in [0.2, 0.25) is 0 Å². The van der Waals surface area contributed by atoms with Crippen LogP contribution < -0.4 is 5.32 Å². The lowest BCUT2D eigenvalue weighted by molar-refractivity contribution is -0.384. The van der Waals surface area contributed by atoms with Crippen molar-refractivity contribution < 1.29 is 9.72 Å². The van der Waals surface area contributed by atoms with Gasteiger partial charge in [0.15, 0.2) is 5.69 Å². The number of carbonyl (C=O) groups is 1. The summed E-state index contributed by atoms with van der Waals surface area (Å²) in [6.45, 7) is 0. The number of aryl methyl sites for hydroxylation is 1. The van der Waals surface area contributed by atoms with Crippen molar-refractivity contribution in [3.63, 3.8) is 0 Å². The van der Waals surface area contributed by atoms with Crippen LogP contribution in [0, 0.1) is 10.1 Å². The van der Waals surface area contributed by atoms with Gasteiger partial charge in [-0.25, -0.2) is 9.67 Å². The number of rotatable bonds is 5. The standard InChI is InChI=1S/C24H18N6O3/c1-28-22-5-3-2-4-20(22)26-23(28)16-6-8-17(9-7-16)25-24(31)21-14-15-29(27-21)18-10-12-19(13-11-18)30(32)33/h2-15H,1H3,(H,25,31). The number of nitrogens with zero attached hydrogens (tertiary/aromatic N) is 5. The molecule has 0 unspecified atom stereocenters. The minimum Gasteiger partial charge on any atom is -0.327 e. The Morgan fingerprint density at radius 1 is 0.970 bits per heavy atom. The molecule has 0 saturated carbocycles. The van der Waals surface area contributed by atoms with Gasteiger partial charge in [0.05, 0.1) is 21.6 Å². The molecule has 1 N–H and O–H groups in total. The van der Waals surface area contributed by atoms with E-state index in [2.05, 4.69) is 10.4 Å². The number of para-hydroxylation sites is 2. The molecule has 3 aromatic carbocycles. The lowest BCUT2D eigenvalue weighted by atomic mass is 10.2. The van der Waals surface area contributed by atoms with E-state index in [1.807, 2.05) is 60.1 Å². The first-order valence-corrected chi connectivity index (χ1v) is 10.1. The van der Waals surface area contributed by atoms with E-state index in [0.29, 0.717) is 11.4 Å². The van der Waals surface area contributed by atoms with Crippen LogP contribution in [-0.4, -0.2) is 30.2 Å². The van der Waals surface area contributed by atoms with Crippen molar-refractivity contribution in [1.29, 1.82) is 0 Å². The molecular weight excluding hydrogens is 420 g/mol. The second-order valence-electron chi connectivity index (χ2n) is 7.43. The van der Waals surface area contributed by atoms with Crippen molar-refractivity contribution in [1.82, 2.24) is 19.3 Å². The van der Waals surface area contributed by atoms with Crippen LogP contribution in [0.5, 0.6) is 0 Å². The molecule has 0 aliphatic heterocycles. The minimum atomic E-state index is -0.465. The molecule has 33 heavy (non-hydrogen) atoms. The highest BCUT2D eigenvalue weighted by Gasteiger charge is 2.13. The summed E-state index contributed by atoms with van der Waals surface area (Å²) in [6.07, 6.45) is 1.63. The summed E-state index contributed by atoms with van der Waals surface area (Å²) in [4.78, 5) is 27.7. The van der Waals surface area contributed by atoms with Gasteiger partial charge < -0.3 is 9.88 Å². The number of amides is 1. The Hall–Kier alpha value is -4.79. The number of imidazole rings is 1. The maximum atomic E-state index is 12.6. The Morgan fingerprint density at radius 2 is 1.70 bits per heavy atom. The quantitative estimate of drug-likeness (QED) is 0.319. The van der Waals surface area contributed by atoms with Crippen LogP contribution in [0.15, 0.2) is 85.1 Å². The van der Waals surface area contributed by atoms with E-state index in [4.69, 9.17) is 4.98 Å². The van der Waals surface area contributed by atoms with E-state index in [1.165, 1.54) is 16.8 Å². The summed E-state index contributed by atoms with van der Waals surface area (Å²) in [5.74, 6) is 0.488. The van der Waals surface area contributed by atoms with Crippen molar-refractivity contribution in [2.75, 3.05) is 5.32 Å².